The van der Waals surface area contributed by atoms with Crippen molar-refractivity contribution in [1.82, 2.24) is 4.90 Å². The van der Waals surface area contributed by atoms with Crippen molar-refractivity contribution in [1.29, 1.82) is 0 Å². The molecule has 4 rings (SSSR count). The van der Waals surface area contributed by atoms with E-state index in [1.807, 2.05) is 42.2 Å². The highest BCUT2D eigenvalue weighted by atomic mass is 35.5. The number of unbranched alkanes of at least 4 members (excludes halogenated alkanes) is 1. The average molecular weight is 458 g/mol. The van der Waals surface area contributed by atoms with E-state index in [0.29, 0.717) is 11.6 Å². The average Bonchev–Trinajstić information content (AvgIpc) is 3.26. The first kappa shape index (κ1) is 21.3. The van der Waals surface area contributed by atoms with Gasteiger partial charge in [-0.05, 0) is 61.9 Å². The number of anilines is 1. The van der Waals surface area contributed by atoms with Crippen LogP contribution in [0.2, 0.25) is 5.02 Å². The molecular formula is C23H24ClN3OS2. The van der Waals surface area contributed by atoms with Gasteiger partial charge in [-0.15, -0.1) is 0 Å². The van der Waals surface area contributed by atoms with Gasteiger partial charge >= 0.3 is 0 Å². The summed E-state index contributed by atoms with van der Waals surface area (Å²) in [6, 6.07) is 14.1. The van der Waals surface area contributed by atoms with Gasteiger partial charge in [0.1, 0.15) is 9.93 Å². The molecule has 0 unspecified atom stereocenters. The van der Waals surface area contributed by atoms with E-state index in [4.69, 9.17) is 16.6 Å². The standard InChI is InChI=1S/C23H24ClN3OS2/c1-4-6-13-27-21(28)20(22-26(5-2)18-9-7-8-10-19(18)29-22)30-23(27)25-16-12-11-15(3)17(24)14-16/h7-12,14H,4-6,13H2,1-3H3/b22-20-,25-23?. The Balaban J connectivity index is 1.74. The van der Waals surface area contributed by atoms with Gasteiger partial charge in [-0.3, -0.25) is 9.69 Å². The first-order valence-corrected chi connectivity index (χ1v) is 12.2. The van der Waals surface area contributed by atoms with Gasteiger partial charge in [0.2, 0.25) is 0 Å². The molecule has 30 heavy (non-hydrogen) atoms. The maximum absolute atomic E-state index is 13.4. The van der Waals surface area contributed by atoms with Crippen LogP contribution in [-0.2, 0) is 4.79 Å². The van der Waals surface area contributed by atoms with Gasteiger partial charge in [0, 0.05) is 23.0 Å². The first-order chi connectivity index (χ1) is 14.5. The van der Waals surface area contributed by atoms with E-state index in [9.17, 15) is 4.79 Å². The summed E-state index contributed by atoms with van der Waals surface area (Å²) in [7, 11) is 0. The number of hydrogen-bond donors (Lipinski definition) is 0. The lowest BCUT2D eigenvalue weighted by Crippen LogP contribution is -2.30. The Hall–Kier alpha value is -1.89. The Kier molecular flexibility index (Phi) is 6.46. The molecule has 0 spiro atoms. The van der Waals surface area contributed by atoms with Crippen LogP contribution in [0.4, 0.5) is 11.4 Å². The van der Waals surface area contributed by atoms with Crippen molar-refractivity contribution in [3.63, 3.8) is 0 Å². The summed E-state index contributed by atoms with van der Waals surface area (Å²) in [4.78, 5) is 24.2. The molecule has 2 aromatic carbocycles. The number of nitrogens with zero attached hydrogens (tertiary/aromatic N) is 3. The Morgan fingerprint density at radius 2 is 1.87 bits per heavy atom. The zero-order chi connectivity index (χ0) is 21.3. The minimum absolute atomic E-state index is 0.0409. The zero-order valence-corrected chi connectivity index (χ0v) is 19.7. The third-order valence-electron chi connectivity index (χ3n) is 5.10. The first-order valence-electron chi connectivity index (χ1n) is 10.2. The van der Waals surface area contributed by atoms with E-state index >= 15 is 0 Å². The summed E-state index contributed by atoms with van der Waals surface area (Å²) in [5.74, 6) is 0.0409. The highest BCUT2D eigenvalue weighted by Gasteiger charge is 2.39. The second-order valence-corrected chi connectivity index (χ2v) is 9.60. The molecule has 0 saturated carbocycles. The predicted molar refractivity (Wildman–Crippen MR) is 130 cm³/mol. The molecule has 0 aliphatic carbocycles. The number of aryl methyl sites for hydroxylation is 1. The molecule has 2 heterocycles. The molecule has 0 N–H and O–H groups in total. The number of amides is 1. The summed E-state index contributed by atoms with van der Waals surface area (Å²) in [5.41, 5.74) is 2.94. The molecule has 0 atom stereocenters. The Morgan fingerprint density at radius 3 is 2.60 bits per heavy atom. The topological polar surface area (TPSA) is 35.9 Å². The number of carbonyl (C=O) groups excluding carboxylic acids is 1. The fourth-order valence-corrected chi connectivity index (χ4v) is 6.00. The van der Waals surface area contributed by atoms with Crippen LogP contribution in [0.3, 0.4) is 0 Å². The van der Waals surface area contributed by atoms with Crippen molar-refractivity contribution >= 4 is 57.6 Å². The van der Waals surface area contributed by atoms with Crippen LogP contribution in [0.1, 0.15) is 32.3 Å². The van der Waals surface area contributed by atoms with E-state index in [1.54, 1.807) is 11.8 Å². The van der Waals surface area contributed by atoms with E-state index in [1.165, 1.54) is 16.7 Å². The van der Waals surface area contributed by atoms with Gasteiger partial charge in [0.05, 0.1) is 11.4 Å². The van der Waals surface area contributed by atoms with Gasteiger partial charge in [-0.2, -0.15) is 0 Å². The minimum atomic E-state index is 0.0409. The van der Waals surface area contributed by atoms with Crippen molar-refractivity contribution in [2.24, 2.45) is 4.99 Å². The fourth-order valence-electron chi connectivity index (χ4n) is 3.41. The molecule has 4 nitrogen and oxygen atoms in total. The molecule has 0 bridgehead atoms. The van der Waals surface area contributed by atoms with Crippen molar-refractivity contribution in [3.05, 3.63) is 63.0 Å². The van der Waals surface area contributed by atoms with Gasteiger partial charge < -0.3 is 4.90 Å². The molecule has 2 aliphatic rings. The van der Waals surface area contributed by atoms with Gasteiger partial charge in [0.15, 0.2) is 5.17 Å². The number of aliphatic imine (C=N–C) groups is 1. The van der Waals surface area contributed by atoms with Crippen molar-refractivity contribution < 1.29 is 4.79 Å². The molecule has 7 heteroatoms. The van der Waals surface area contributed by atoms with Crippen LogP contribution in [0, 0.1) is 6.92 Å². The van der Waals surface area contributed by atoms with Gasteiger partial charge in [-0.25, -0.2) is 4.99 Å². The number of para-hydroxylation sites is 1. The van der Waals surface area contributed by atoms with Crippen LogP contribution in [-0.4, -0.2) is 29.1 Å². The van der Waals surface area contributed by atoms with Crippen molar-refractivity contribution in [3.8, 4) is 0 Å². The Labute approximate surface area is 191 Å². The minimum Gasteiger partial charge on any atom is -0.334 e. The fraction of sp³-hybridized carbons (Fsp3) is 0.304. The number of fused-ring (bicyclic) bond motifs is 1. The third kappa shape index (κ3) is 4.01. The maximum atomic E-state index is 13.4. The second-order valence-electron chi connectivity index (χ2n) is 7.19. The maximum Gasteiger partial charge on any atom is 0.269 e. The molecule has 1 amide bonds. The number of halogens is 1. The smallest absolute Gasteiger partial charge is 0.269 e. The lowest BCUT2D eigenvalue weighted by Gasteiger charge is -2.19. The summed E-state index contributed by atoms with van der Waals surface area (Å²) in [6.45, 7) is 7.70. The molecule has 1 saturated heterocycles. The summed E-state index contributed by atoms with van der Waals surface area (Å²) in [5, 5.41) is 2.41. The third-order valence-corrected chi connectivity index (χ3v) is 7.88. The highest BCUT2D eigenvalue weighted by molar-refractivity contribution is 8.19. The number of rotatable bonds is 5. The molecule has 2 aromatic rings. The lowest BCUT2D eigenvalue weighted by molar-refractivity contribution is -0.122. The quantitative estimate of drug-likeness (QED) is 0.462. The Morgan fingerprint density at radius 1 is 1.07 bits per heavy atom. The number of amidine groups is 1. The molecule has 0 aromatic heterocycles. The van der Waals surface area contributed by atoms with Gasteiger partial charge in [0.25, 0.3) is 5.91 Å². The lowest BCUT2D eigenvalue weighted by atomic mass is 10.2. The Bertz CT molecular complexity index is 1050. The molecule has 1 fully saturated rings. The summed E-state index contributed by atoms with van der Waals surface area (Å²) < 4.78 is 0. The molecule has 156 valence electrons. The molecule has 0 radical (unpaired) electrons. The molecule has 2 aliphatic heterocycles. The number of hydrogen-bond acceptors (Lipinski definition) is 5. The summed E-state index contributed by atoms with van der Waals surface area (Å²) in [6.07, 6.45) is 1.96. The van der Waals surface area contributed by atoms with E-state index in [0.717, 1.165) is 51.4 Å². The van der Waals surface area contributed by atoms with Crippen LogP contribution in [0.15, 0.2) is 62.3 Å². The van der Waals surface area contributed by atoms with Crippen molar-refractivity contribution in [2.45, 2.75) is 38.5 Å². The zero-order valence-electron chi connectivity index (χ0n) is 17.3. The van der Waals surface area contributed by atoms with Crippen LogP contribution >= 0.6 is 35.1 Å². The van der Waals surface area contributed by atoms with E-state index < -0.39 is 0 Å². The monoisotopic (exact) mass is 457 g/mol. The van der Waals surface area contributed by atoms with Crippen molar-refractivity contribution in [2.75, 3.05) is 18.0 Å². The second kappa shape index (κ2) is 9.08. The summed E-state index contributed by atoms with van der Waals surface area (Å²) >= 11 is 9.43. The van der Waals surface area contributed by atoms with Crippen LogP contribution < -0.4 is 4.90 Å². The van der Waals surface area contributed by atoms with E-state index in [-0.39, 0.29) is 5.91 Å². The van der Waals surface area contributed by atoms with Crippen LogP contribution in [0.5, 0.6) is 0 Å². The number of thioether (sulfide) groups is 2. The number of carbonyl (C=O) groups is 1. The van der Waals surface area contributed by atoms with Crippen LogP contribution in [0.25, 0.3) is 0 Å². The normalized spacial score (nSPS) is 19.9. The largest absolute Gasteiger partial charge is 0.334 e. The number of benzene rings is 2. The van der Waals surface area contributed by atoms with E-state index in [2.05, 4.69) is 30.9 Å². The SMILES string of the molecule is CCCCN1C(=O)/C(=C2/Sc3ccccc3N2CC)SC1=Nc1ccc(C)c(Cl)c1. The predicted octanol–water partition coefficient (Wildman–Crippen LogP) is 6.81. The highest BCUT2D eigenvalue weighted by Crippen LogP contribution is 2.50. The van der Waals surface area contributed by atoms with Gasteiger partial charge in [-0.1, -0.05) is 54.9 Å². The molecular weight excluding hydrogens is 434 g/mol.